The van der Waals surface area contributed by atoms with E-state index in [9.17, 15) is 18.3 Å². The minimum absolute atomic E-state index is 0.0207. The average molecular weight is 785 g/mol. The molecule has 4 aromatic rings. The molecule has 0 spiro atoms. The number of rotatable bonds is 15. The van der Waals surface area contributed by atoms with Crippen molar-refractivity contribution in [3.63, 3.8) is 0 Å². The van der Waals surface area contributed by atoms with Gasteiger partial charge in [0.1, 0.15) is 6.61 Å². The second-order valence-corrected chi connectivity index (χ2v) is 17.9. The molecule has 3 atom stereocenters. The molecule has 0 saturated carbocycles. The van der Waals surface area contributed by atoms with Gasteiger partial charge in [0.25, 0.3) is 10.0 Å². The summed E-state index contributed by atoms with van der Waals surface area (Å²) in [7, 11) is -2.55. The maximum Gasteiger partial charge on any atom is 0.335 e. The molecule has 300 valence electrons. The lowest BCUT2D eigenvalue weighted by Gasteiger charge is -2.29. The van der Waals surface area contributed by atoms with Gasteiger partial charge in [-0.05, 0) is 91.7 Å². The first-order chi connectivity index (χ1) is 26.5. The number of benzene rings is 2. The van der Waals surface area contributed by atoms with Gasteiger partial charge in [-0.15, -0.1) is 0 Å². The molecule has 0 aliphatic carbocycles. The average Bonchev–Trinajstić information content (AvgIpc) is 3.33. The summed E-state index contributed by atoms with van der Waals surface area (Å²) in [6, 6.07) is 12.6. The van der Waals surface area contributed by atoms with E-state index in [4.69, 9.17) is 19.4 Å². The number of methoxy groups -OCH3 is 1. The third kappa shape index (κ3) is 11.4. The van der Waals surface area contributed by atoms with Crippen molar-refractivity contribution in [2.75, 3.05) is 25.0 Å². The molecule has 2 aromatic carbocycles. The summed E-state index contributed by atoms with van der Waals surface area (Å²) in [4.78, 5) is 30.3. The SMILES string of the molecule is COCCC(=CC(C)(C)C)c1cnc(C2CCC[C@@H](CC(C)C)[C@H](COc3cc(-c4c(C)cccc4C)nc(NS(=O)(=O)c4cccc(C(=O)O)c4)n3)N2)cn1. The molecule has 1 fully saturated rings. The summed E-state index contributed by atoms with van der Waals surface area (Å²) in [5.41, 5.74) is 5.88. The third-order valence-electron chi connectivity index (χ3n) is 9.83. The molecule has 3 N–H and O–H groups in total. The van der Waals surface area contributed by atoms with Crippen LogP contribution in [0.25, 0.3) is 16.8 Å². The number of aromatic carboxylic acids is 1. The van der Waals surface area contributed by atoms with Crippen LogP contribution < -0.4 is 14.8 Å². The highest BCUT2D eigenvalue weighted by molar-refractivity contribution is 7.92. The van der Waals surface area contributed by atoms with Gasteiger partial charge in [-0.25, -0.2) is 22.9 Å². The van der Waals surface area contributed by atoms with Crippen LogP contribution in [0.2, 0.25) is 0 Å². The Balaban J connectivity index is 1.45. The van der Waals surface area contributed by atoms with Crippen molar-refractivity contribution in [3.8, 4) is 17.1 Å². The summed E-state index contributed by atoms with van der Waals surface area (Å²) in [6.45, 7) is 15.8. The lowest BCUT2D eigenvalue weighted by Crippen LogP contribution is -2.42. The van der Waals surface area contributed by atoms with Gasteiger partial charge in [-0.3, -0.25) is 9.97 Å². The molecule has 0 radical (unpaired) electrons. The summed E-state index contributed by atoms with van der Waals surface area (Å²) >= 11 is 0. The Kier molecular flexibility index (Phi) is 14.0. The Morgan fingerprint density at radius 1 is 1.04 bits per heavy atom. The van der Waals surface area contributed by atoms with Crippen LogP contribution in [-0.4, -0.2) is 65.8 Å². The minimum Gasteiger partial charge on any atom is -0.478 e. The zero-order chi connectivity index (χ0) is 40.6. The molecule has 1 aliphatic heterocycles. The lowest BCUT2D eigenvalue weighted by molar-refractivity contribution is 0.0696. The second-order valence-electron chi connectivity index (χ2n) is 16.2. The predicted octanol–water partition coefficient (Wildman–Crippen LogP) is 8.44. The van der Waals surface area contributed by atoms with Gasteiger partial charge in [0.15, 0.2) is 0 Å². The van der Waals surface area contributed by atoms with Crippen molar-refractivity contribution in [2.24, 2.45) is 17.3 Å². The molecule has 56 heavy (non-hydrogen) atoms. The van der Waals surface area contributed by atoms with Crippen LogP contribution in [-0.2, 0) is 14.8 Å². The quantitative estimate of drug-likeness (QED) is 0.106. The maximum absolute atomic E-state index is 13.5. The van der Waals surface area contributed by atoms with E-state index < -0.39 is 16.0 Å². The number of nitrogens with one attached hydrogen (secondary N) is 2. The van der Waals surface area contributed by atoms with E-state index in [2.05, 4.69) is 60.7 Å². The van der Waals surface area contributed by atoms with Crippen molar-refractivity contribution in [1.29, 1.82) is 0 Å². The minimum atomic E-state index is -4.26. The number of aromatic nitrogens is 4. The summed E-state index contributed by atoms with van der Waals surface area (Å²) in [5, 5.41) is 13.3. The van der Waals surface area contributed by atoms with Gasteiger partial charge in [0.2, 0.25) is 11.8 Å². The highest BCUT2D eigenvalue weighted by Gasteiger charge is 2.31. The van der Waals surface area contributed by atoms with Crippen molar-refractivity contribution >= 4 is 27.5 Å². The van der Waals surface area contributed by atoms with E-state index in [-0.39, 0.29) is 46.4 Å². The second kappa shape index (κ2) is 18.5. The zero-order valence-electron chi connectivity index (χ0n) is 33.8. The van der Waals surface area contributed by atoms with Crippen molar-refractivity contribution in [3.05, 3.63) is 95.1 Å². The molecule has 1 saturated heterocycles. The van der Waals surface area contributed by atoms with Crippen LogP contribution in [0.5, 0.6) is 5.88 Å². The Hall–Kier alpha value is -4.72. The summed E-state index contributed by atoms with van der Waals surface area (Å²) in [6.07, 6.45) is 10.6. The number of hydrogen-bond donors (Lipinski definition) is 3. The summed E-state index contributed by atoms with van der Waals surface area (Å²) < 4.78 is 41.4. The normalized spacial score (nSPS) is 18.1. The molecular formula is C43H56N6O6S. The zero-order valence-corrected chi connectivity index (χ0v) is 34.6. The Morgan fingerprint density at radius 3 is 2.41 bits per heavy atom. The molecule has 13 heteroatoms. The largest absolute Gasteiger partial charge is 0.478 e. The number of carbonyl (C=O) groups is 1. The van der Waals surface area contributed by atoms with Crippen LogP contribution >= 0.6 is 0 Å². The smallest absolute Gasteiger partial charge is 0.335 e. The van der Waals surface area contributed by atoms with Crippen molar-refractivity contribution < 1.29 is 27.8 Å². The fourth-order valence-corrected chi connectivity index (χ4v) is 8.29. The van der Waals surface area contributed by atoms with Gasteiger partial charge >= 0.3 is 5.97 Å². The topological polar surface area (TPSA) is 166 Å². The van der Waals surface area contributed by atoms with Gasteiger partial charge in [-0.2, -0.15) is 4.98 Å². The molecule has 0 bridgehead atoms. The number of anilines is 1. The molecule has 0 amide bonds. The Labute approximate surface area is 331 Å². The first-order valence-corrected chi connectivity index (χ1v) is 20.7. The van der Waals surface area contributed by atoms with Gasteiger partial charge < -0.3 is 19.9 Å². The fraction of sp³-hybridized carbons (Fsp3) is 0.465. The van der Waals surface area contributed by atoms with Crippen LogP contribution in [0.3, 0.4) is 0 Å². The molecule has 1 aliphatic rings. The van der Waals surface area contributed by atoms with E-state index in [1.807, 2.05) is 44.4 Å². The number of nitrogens with zero attached hydrogens (tertiary/aromatic N) is 4. The standard InChI is InChI=1S/C43H56N6O6S/c1-27(2)20-30-14-11-17-34(37-25-44-36(24-45-37)32(18-19-54-8)23-43(5,6)7)46-38(30)26-55-39-22-35(40-28(3)12-9-13-29(40)4)47-42(48-39)49-56(52,53)33-16-10-15-31(21-33)41(50)51/h9-10,12-13,15-16,21-25,27,30,34,38,46H,11,14,17-20,26H2,1-8H3,(H,50,51)(H,47,48,49)/t30-,34?,38-/m0/s1. The highest BCUT2D eigenvalue weighted by atomic mass is 32.2. The van der Waals surface area contributed by atoms with Crippen molar-refractivity contribution in [1.82, 2.24) is 25.3 Å². The highest BCUT2D eigenvalue weighted by Crippen LogP contribution is 2.33. The first kappa shape index (κ1) is 42.4. The van der Waals surface area contributed by atoms with Crippen molar-refractivity contribution in [2.45, 2.75) is 97.5 Å². The Morgan fingerprint density at radius 2 is 1.77 bits per heavy atom. The third-order valence-corrected chi connectivity index (χ3v) is 11.2. The van der Waals surface area contributed by atoms with Crippen LogP contribution in [0, 0.1) is 31.1 Å². The molecule has 5 rings (SSSR count). The van der Waals surface area contributed by atoms with Gasteiger partial charge in [0, 0.05) is 24.8 Å². The van der Waals surface area contributed by atoms with E-state index in [0.29, 0.717) is 24.1 Å². The number of ether oxygens (including phenoxy) is 2. The first-order valence-electron chi connectivity index (χ1n) is 19.3. The monoisotopic (exact) mass is 784 g/mol. The number of hydrogen-bond acceptors (Lipinski definition) is 10. The molecule has 3 heterocycles. The molecule has 2 aromatic heterocycles. The molecule has 12 nitrogen and oxygen atoms in total. The van der Waals surface area contributed by atoms with Gasteiger partial charge in [-0.1, -0.05) is 71.4 Å². The van der Waals surface area contributed by atoms with E-state index in [0.717, 1.165) is 71.8 Å². The summed E-state index contributed by atoms with van der Waals surface area (Å²) in [5.74, 6) is -0.441. The van der Waals surface area contributed by atoms with E-state index >= 15 is 0 Å². The number of allylic oxidation sites excluding steroid dienone is 1. The lowest BCUT2D eigenvalue weighted by atomic mass is 9.87. The predicted molar refractivity (Wildman–Crippen MR) is 219 cm³/mol. The number of aryl methyl sites for hydroxylation is 2. The van der Waals surface area contributed by atoms with E-state index in [1.165, 1.54) is 18.2 Å². The van der Waals surface area contributed by atoms with Crippen LogP contribution in [0.1, 0.15) is 106 Å². The number of sulfonamides is 1. The molecule has 1 unspecified atom stereocenters. The van der Waals surface area contributed by atoms with Gasteiger partial charge in [0.05, 0.1) is 52.6 Å². The number of carboxylic acids is 1. The number of carboxylic acid groups (broad SMARTS) is 1. The Bertz CT molecular complexity index is 2090. The van der Waals surface area contributed by atoms with E-state index in [1.54, 1.807) is 13.2 Å². The fourth-order valence-electron chi connectivity index (χ4n) is 7.30. The van der Waals surface area contributed by atoms with Crippen LogP contribution in [0.15, 0.2) is 71.9 Å². The maximum atomic E-state index is 13.5. The van der Waals surface area contributed by atoms with Crippen LogP contribution in [0.4, 0.5) is 5.95 Å². The molecular weight excluding hydrogens is 729 g/mol.